The first-order chi connectivity index (χ1) is 11.8. The zero-order valence-electron chi connectivity index (χ0n) is 14.7. The zero-order valence-corrected chi connectivity index (χ0v) is 14.7. The summed E-state index contributed by atoms with van der Waals surface area (Å²) in [4.78, 5) is 8.38. The van der Waals surface area contributed by atoms with E-state index in [-0.39, 0.29) is 0 Å². The fraction of sp³-hybridized carbons (Fsp3) is 0.812. The van der Waals surface area contributed by atoms with Crippen LogP contribution in [0.3, 0.4) is 0 Å². The van der Waals surface area contributed by atoms with Crippen molar-refractivity contribution in [2.75, 3.05) is 40.0 Å². The van der Waals surface area contributed by atoms with E-state index in [0.717, 1.165) is 64.4 Å². The fourth-order valence-electron chi connectivity index (χ4n) is 2.48. The first-order valence-corrected chi connectivity index (χ1v) is 8.71. The molecule has 1 aliphatic heterocycles. The van der Waals surface area contributed by atoms with Crippen molar-refractivity contribution >= 4 is 5.96 Å². The number of aryl methyl sites for hydroxylation is 2. The Hall–Kier alpha value is -1.67. The number of nitrogens with one attached hydrogen (secondary N) is 2. The molecule has 1 fully saturated rings. The molecule has 0 bridgehead atoms. The Morgan fingerprint density at radius 1 is 1.33 bits per heavy atom. The van der Waals surface area contributed by atoms with Gasteiger partial charge < -0.3 is 24.6 Å². The Bertz CT molecular complexity index is 486. The number of aliphatic imine (C=N–C) groups is 1. The highest BCUT2D eigenvalue weighted by molar-refractivity contribution is 5.79. The third-order valence-corrected chi connectivity index (χ3v) is 3.74. The lowest BCUT2D eigenvalue weighted by atomic mass is 10.2. The van der Waals surface area contributed by atoms with Crippen LogP contribution in [0.2, 0.25) is 0 Å². The fourth-order valence-corrected chi connectivity index (χ4v) is 2.48. The molecule has 0 aromatic carbocycles. The Balaban J connectivity index is 1.44. The first-order valence-electron chi connectivity index (χ1n) is 8.71. The van der Waals surface area contributed by atoms with Crippen LogP contribution in [-0.2, 0) is 15.9 Å². The Morgan fingerprint density at radius 2 is 2.17 bits per heavy atom. The largest absolute Gasteiger partial charge is 0.379 e. The van der Waals surface area contributed by atoms with Crippen molar-refractivity contribution in [2.24, 2.45) is 4.99 Å². The second-order valence-electron chi connectivity index (χ2n) is 5.83. The molecular weight excluding hydrogens is 310 g/mol. The standard InChI is InChI=1S/C16H29N5O3/c1-13-20-15(24-21-13)7-3-8-18-16(17-2)19-9-5-10-22-12-14-6-4-11-23-14/h14H,3-12H2,1-2H3,(H2,17,18,19). The average Bonchev–Trinajstić information content (AvgIpc) is 3.24. The third-order valence-electron chi connectivity index (χ3n) is 3.74. The topological polar surface area (TPSA) is 93.8 Å². The summed E-state index contributed by atoms with van der Waals surface area (Å²) in [5, 5.41) is 10.3. The van der Waals surface area contributed by atoms with Crippen LogP contribution in [0.5, 0.6) is 0 Å². The molecule has 1 aliphatic rings. The molecule has 0 radical (unpaired) electrons. The van der Waals surface area contributed by atoms with Gasteiger partial charge in [0.15, 0.2) is 11.8 Å². The predicted octanol–water partition coefficient (Wildman–Crippen LogP) is 1.06. The van der Waals surface area contributed by atoms with E-state index < -0.39 is 0 Å². The Kier molecular flexibility index (Phi) is 8.54. The summed E-state index contributed by atoms with van der Waals surface area (Å²) in [5.41, 5.74) is 0. The van der Waals surface area contributed by atoms with E-state index in [1.165, 1.54) is 0 Å². The van der Waals surface area contributed by atoms with Gasteiger partial charge in [0.2, 0.25) is 5.89 Å². The van der Waals surface area contributed by atoms with Gasteiger partial charge in [-0.05, 0) is 32.6 Å². The van der Waals surface area contributed by atoms with E-state index in [2.05, 4.69) is 25.8 Å². The average molecular weight is 339 g/mol. The van der Waals surface area contributed by atoms with Crippen molar-refractivity contribution in [3.8, 4) is 0 Å². The van der Waals surface area contributed by atoms with Gasteiger partial charge in [-0.15, -0.1) is 0 Å². The molecule has 0 spiro atoms. The van der Waals surface area contributed by atoms with Crippen LogP contribution in [0.4, 0.5) is 0 Å². The van der Waals surface area contributed by atoms with Gasteiger partial charge in [0.25, 0.3) is 0 Å². The van der Waals surface area contributed by atoms with Crippen molar-refractivity contribution in [2.45, 2.75) is 45.1 Å². The van der Waals surface area contributed by atoms with Crippen molar-refractivity contribution in [3.05, 3.63) is 11.7 Å². The van der Waals surface area contributed by atoms with Crippen LogP contribution >= 0.6 is 0 Å². The van der Waals surface area contributed by atoms with Gasteiger partial charge in [-0.25, -0.2) is 0 Å². The summed E-state index contributed by atoms with van der Waals surface area (Å²) < 4.78 is 16.2. The van der Waals surface area contributed by atoms with Crippen molar-refractivity contribution < 1.29 is 14.0 Å². The number of nitrogens with zero attached hydrogens (tertiary/aromatic N) is 3. The lowest BCUT2D eigenvalue weighted by Crippen LogP contribution is -2.38. The van der Waals surface area contributed by atoms with Gasteiger partial charge >= 0.3 is 0 Å². The maximum absolute atomic E-state index is 5.63. The van der Waals surface area contributed by atoms with E-state index in [1.54, 1.807) is 7.05 Å². The molecule has 0 aliphatic carbocycles. The van der Waals surface area contributed by atoms with Crippen LogP contribution in [0.25, 0.3) is 0 Å². The van der Waals surface area contributed by atoms with E-state index in [1.807, 2.05) is 6.92 Å². The van der Waals surface area contributed by atoms with Crippen LogP contribution in [0.1, 0.15) is 37.4 Å². The highest BCUT2D eigenvalue weighted by Crippen LogP contribution is 2.11. The molecule has 2 N–H and O–H groups in total. The summed E-state index contributed by atoms with van der Waals surface area (Å²) >= 11 is 0. The van der Waals surface area contributed by atoms with E-state index in [9.17, 15) is 0 Å². The van der Waals surface area contributed by atoms with Crippen molar-refractivity contribution in [1.82, 2.24) is 20.8 Å². The highest BCUT2D eigenvalue weighted by Gasteiger charge is 2.14. The smallest absolute Gasteiger partial charge is 0.226 e. The molecular formula is C16H29N5O3. The lowest BCUT2D eigenvalue weighted by molar-refractivity contribution is 0.0168. The SMILES string of the molecule is CN=C(NCCCOCC1CCCO1)NCCCc1nc(C)no1. The molecule has 1 saturated heterocycles. The molecule has 0 amide bonds. The summed E-state index contributed by atoms with van der Waals surface area (Å²) in [6, 6.07) is 0. The second-order valence-corrected chi connectivity index (χ2v) is 5.83. The second kappa shape index (κ2) is 11.0. The van der Waals surface area contributed by atoms with Gasteiger partial charge in [0.1, 0.15) is 0 Å². The normalized spacial score (nSPS) is 18.1. The van der Waals surface area contributed by atoms with Gasteiger partial charge in [0, 0.05) is 39.8 Å². The number of guanidine groups is 1. The van der Waals surface area contributed by atoms with E-state index >= 15 is 0 Å². The number of aromatic nitrogens is 2. The molecule has 0 saturated carbocycles. The molecule has 1 unspecified atom stereocenters. The van der Waals surface area contributed by atoms with Gasteiger partial charge in [-0.2, -0.15) is 4.98 Å². The molecule has 1 aromatic heterocycles. The van der Waals surface area contributed by atoms with E-state index in [4.69, 9.17) is 14.0 Å². The number of ether oxygens (including phenoxy) is 2. The van der Waals surface area contributed by atoms with Gasteiger partial charge in [-0.1, -0.05) is 5.16 Å². The summed E-state index contributed by atoms with van der Waals surface area (Å²) in [7, 11) is 1.77. The monoisotopic (exact) mass is 339 g/mol. The maximum atomic E-state index is 5.63. The van der Waals surface area contributed by atoms with Gasteiger partial charge in [-0.3, -0.25) is 4.99 Å². The highest BCUT2D eigenvalue weighted by atomic mass is 16.5. The van der Waals surface area contributed by atoms with Crippen LogP contribution < -0.4 is 10.6 Å². The third kappa shape index (κ3) is 7.27. The quantitative estimate of drug-likeness (QED) is 0.374. The lowest BCUT2D eigenvalue weighted by Gasteiger charge is -2.12. The minimum atomic E-state index is 0.301. The van der Waals surface area contributed by atoms with Crippen LogP contribution in [-0.4, -0.2) is 62.2 Å². The summed E-state index contributed by atoms with van der Waals surface area (Å²) in [6.07, 6.45) is 5.19. The number of hydrogen-bond acceptors (Lipinski definition) is 6. The van der Waals surface area contributed by atoms with Crippen LogP contribution in [0.15, 0.2) is 9.52 Å². The molecule has 2 rings (SSSR count). The minimum Gasteiger partial charge on any atom is -0.379 e. The van der Waals surface area contributed by atoms with Crippen LogP contribution in [0, 0.1) is 6.92 Å². The molecule has 2 heterocycles. The number of rotatable bonds is 10. The van der Waals surface area contributed by atoms with Crippen molar-refractivity contribution in [1.29, 1.82) is 0 Å². The molecule has 1 atom stereocenters. The predicted molar refractivity (Wildman–Crippen MR) is 91.1 cm³/mol. The number of hydrogen-bond donors (Lipinski definition) is 2. The van der Waals surface area contributed by atoms with E-state index in [0.29, 0.717) is 24.4 Å². The Morgan fingerprint density at radius 3 is 2.83 bits per heavy atom. The molecule has 24 heavy (non-hydrogen) atoms. The molecule has 8 nitrogen and oxygen atoms in total. The molecule has 1 aromatic rings. The van der Waals surface area contributed by atoms with Gasteiger partial charge in [0.05, 0.1) is 12.7 Å². The summed E-state index contributed by atoms with van der Waals surface area (Å²) in [6.45, 7) is 5.78. The van der Waals surface area contributed by atoms with Crippen molar-refractivity contribution in [3.63, 3.8) is 0 Å². The maximum Gasteiger partial charge on any atom is 0.226 e. The first kappa shape index (κ1) is 18.7. The Labute approximate surface area is 143 Å². The molecule has 136 valence electrons. The zero-order chi connectivity index (χ0) is 17.0. The summed E-state index contributed by atoms with van der Waals surface area (Å²) in [5.74, 6) is 2.16. The minimum absolute atomic E-state index is 0.301. The molecule has 8 heteroatoms.